The van der Waals surface area contributed by atoms with Gasteiger partial charge in [0.25, 0.3) is 5.91 Å². The van der Waals surface area contributed by atoms with Crippen LogP contribution in [0.15, 0.2) is 28.7 Å². The van der Waals surface area contributed by atoms with Gasteiger partial charge in [-0.25, -0.2) is 0 Å². The quantitative estimate of drug-likeness (QED) is 0.756. The van der Waals surface area contributed by atoms with Gasteiger partial charge in [0.2, 0.25) is 0 Å². The van der Waals surface area contributed by atoms with Gasteiger partial charge in [0.1, 0.15) is 0 Å². The topological polar surface area (TPSA) is 29.5 Å². The minimum atomic E-state index is 0.0394. The van der Waals surface area contributed by atoms with E-state index < -0.39 is 0 Å². The summed E-state index contributed by atoms with van der Waals surface area (Å²) in [6.07, 6.45) is 2.60. The highest BCUT2D eigenvalue weighted by molar-refractivity contribution is 9.10. The molecule has 0 atom stereocenters. The molecule has 0 N–H and O–H groups in total. The first-order chi connectivity index (χ1) is 8.66. The molecule has 1 amide bonds. The molecule has 18 heavy (non-hydrogen) atoms. The molecule has 0 spiro atoms. The van der Waals surface area contributed by atoms with Crippen LogP contribution in [0.25, 0.3) is 0 Å². The van der Waals surface area contributed by atoms with Gasteiger partial charge in [-0.15, -0.1) is 0 Å². The third kappa shape index (κ3) is 4.10. The molecule has 3 nitrogen and oxygen atoms in total. The van der Waals surface area contributed by atoms with E-state index in [2.05, 4.69) is 15.9 Å². The van der Waals surface area contributed by atoms with Crippen molar-refractivity contribution >= 4 is 21.8 Å². The molecule has 4 heteroatoms. The number of ether oxygens (including phenoxy) is 1. The average Bonchev–Trinajstić information content (AvgIpc) is 3.18. The molecule has 1 aliphatic rings. The molecule has 0 saturated heterocycles. The molecule has 0 bridgehead atoms. The Morgan fingerprint density at radius 1 is 1.39 bits per heavy atom. The van der Waals surface area contributed by atoms with Crippen LogP contribution in [0.2, 0.25) is 0 Å². The summed E-state index contributed by atoms with van der Waals surface area (Å²) in [7, 11) is 1.81. The molecule has 1 aromatic rings. The number of rotatable bonds is 6. The number of benzene rings is 1. The van der Waals surface area contributed by atoms with E-state index in [1.807, 2.05) is 31.3 Å². The van der Waals surface area contributed by atoms with Gasteiger partial charge >= 0.3 is 0 Å². The molecular formula is C14H18BrNO2. The van der Waals surface area contributed by atoms with Crippen molar-refractivity contribution in [3.8, 4) is 0 Å². The Morgan fingerprint density at radius 2 is 2.06 bits per heavy atom. The van der Waals surface area contributed by atoms with Crippen LogP contribution in [-0.4, -0.2) is 37.6 Å². The first-order valence-corrected chi connectivity index (χ1v) is 7.05. The predicted molar refractivity (Wildman–Crippen MR) is 74.6 cm³/mol. The zero-order chi connectivity index (χ0) is 13.0. The van der Waals surface area contributed by atoms with Crippen LogP contribution in [0.4, 0.5) is 0 Å². The maximum Gasteiger partial charge on any atom is 0.253 e. The molecule has 1 aliphatic carbocycles. The van der Waals surface area contributed by atoms with E-state index in [9.17, 15) is 4.79 Å². The van der Waals surface area contributed by atoms with Crippen molar-refractivity contribution in [2.75, 3.05) is 26.8 Å². The standard InChI is InChI=1S/C14H18BrNO2/c1-16(8-9-18-10-11-2-3-11)14(17)12-4-6-13(15)7-5-12/h4-7,11H,2-3,8-10H2,1H3. The van der Waals surface area contributed by atoms with Gasteiger partial charge in [-0.1, -0.05) is 15.9 Å². The number of nitrogens with zero attached hydrogens (tertiary/aromatic N) is 1. The lowest BCUT2D eigenvalue weighted by Crippen LogP contribution is -2.30. The molecule has 0 radical (unpaired) electrons. The smallest absolute Gasteiger partial charge is 0.253 e. The van der Waals surface area contributed by atoms with Crippen LogP contribution in [0, 0.1) is 5.92 Å². The summed E-state index contributed by atoms with van der Waals surface area (Å²) >= 11 is 3.36. The van der Waals surface area contributed by atoms with Crippen molar-refractivity contribution < 1.29 is 9.53 Å². The van der Waals surface area contributed by atoms with E-state index in [1.54, 1.807) is 4.90 Å². The highest BCUT2D eigenvalue weighted by Crippen LogP contribution is 2.28. The minimum absolute atomic E-state index is 0.0394. The lowest BCUT2D eigenvalue weighted by Gasteiger charge is -2.17. The van der Waals surface area contributed by atoms with Crippen molar-refractivity contribution in [1.29, 1.82) is 0 Å². The summed E-state index contributed by atoms with van der Waals surface area (Å²) < 4.78 is 6.51. The van der Waals surface area contributed by atoms with Crippen molar-refractivity contribution in [3.63, 3.8) is 0 Å². The Labute approximate surface area is 116 Å². The lowest BCUT2D eigenvalue weighted by molar-refractivity contribution is 0.0681. The van der Waals surface area contributed by atoms with E-state index in [0.717, 1.165) is 17.0 Å². The van der Waals surface area contributed by atoms with Crippen LogP contribution in [0.5, 0.6) is 0 Å². The van der Waals surface area contributed by atoms with Crippen molar-refractivity contribution in [3.05, 3.63) is 34.3 Å². The van der Waals surface area contributed by atoms with Crippen molar-refractivity contribution in [2.24, 2.45) is 5.92 Å². The number of halogens is 1. The van der Waals surface area contributed by atoms with Gasteiger partial charge in [0, 0.05) is 30.2 Å². The summed E-state index contributed by atoms with van der Waals surface area (Å²) in [6.45, 7) is 2.11. The van der Waals surface area contributed by atoms with Gasteiger partial charge in [0.15, 0.2) is 0 Å². The fourth-order valence-corrected chi connectivity index (χ4v) is 1.91. The van der Waals surface area contributed by atoms with Crippen LogP contribution in [0.1, 0.15) is 23.2 Å². The Kier molecular flexibility index (Phi) is 4.78. The largest absolute Gasteiger partial charge is 0.379 e. The van der Waals surface area contributed by atoms with E-state index in [-0.39, 0.29) is 5.91 Å². The maximum absolute atomic E-state index is 12.1. The van der Waals surface area contributed by atoms with E-state index in [1.165, 1.54) is 12.8 Å². The van der Waals surface area contributed by atoms with Crippen molar-refractivity contribution in [2.45, 2.75) is 12.8 Å². The minimum Gasteiger partial charge on any atom is -0.379 e. The molecular weight excluding hydrogens is 294 g/mol. The number of likely N-dealkylation sites (N-methyl/N-ethyl adjacent to an activating group) is 1. The summed E-state index contributed by atoms with van der Waals surface area (Å²) in [6, 6.07) is 7.41. The molecule has 0 aromatic heterocycles. The number of amides is 1. The number of hydrogen-bond acceptors (Lipinski definition) is 2. The van der Waals surface area contributed by atoms with Crippen LogP contribution in [-0.2, 0) is 4.74 Å². The number of hydrogen-bond donors (Lipinski definition) is 0. The summed E-state index contributed by atoms with van der Waals surface area (Å²) in [5.41, 5.74) is 0.711. The second-order valence-corrected chi connectivity index (χ2v) is 5.67. The molecule has 1 saturated carbocycles. The maximum atomic E-state index is 12.1. The molecule has 1 aromatic carbocycles. The zero-order valence-electron chi connectivity index (χ0n) is 10.6. The van der Waals surface area contributed by atoms with E-state index in [0.29, 0.717) is 18.7 Å². The average molecular weight is 312 g/mol. The number of carbonyl (C=O) groups is 1. The summed E-state index contributed by atoms with van der Waals surface area (Å²) in [4.78, 5) is 13.8. The zero-order valence-corrected chi connectivity index (χ0v) is 12.1. The fourth-order valence-electron chi connectivity index (χ4n) is 1.65. The van der Waals surface area contributed by atoms with Gasteiger partial charge in [-0.2, -0.15) is 0 Å². The third-order valence-electron chi connectivity index (χ3n) is 3.06. The van der Waals surface area contributed by atoms with E-state index in [4.69, 9.17) is 4.74 Å². The molecule has 0 heterocycles. The molecule has 1 fully saturated rings. The Balaban J connectivity index is 1.74. The second kappa shape index (κ2) is 6.34. The monoisotopic (exact) mass is 311 g/mol. The van der Waals surface area contributed by atoms with Gasteiger partial charge in [-0.3, -0.25) is 4.79 Å². The highest BCUT2D eigenvalue weighted by atomic mass is 79.9. The normalized spacial score (nSPS) is 14.6. The van der Waals surface area contributed by atoms with Crippen LogP contribution >= 0.6 is 15.9 Å². The summed E-state index contributed by atoms with van der Waals surface area (Å²) in [5, 5.41) is 0. The van der Waals surface area contributed by atoms with E-state index >= 15 is 0 Å². The Hall–Kier alpha value is -0.870. The summed E-state index contributed by atoms with van der Waals surface area (Å²) in [5.74, 6) is 0.815. The lowest BCUT2D eigenvalue weighted by atomic mass is 10.2. The fraction of sp³-hybridized carbons (Fsp3) is 0.500. The molecule has 0 aliphatic heterocycles. The second-order valence-electron chi connectivity index (χ2n) is 4.75. The number of carbonyl (C=O) groups excluding carboxylic acids is 1. The molecule has 98 valence electrons. The van der Waals surface area contributed by atoms with Crippen LogP contribution < -0.4 is 0 Å². The van der Waals surface area contributed by atoms with Crippen LogP contribution in [0.3, 0.4) is 0 Å². The van der Waals surface area contributed by atoms with Gasteiger partial charge < -0.3 is 9.64 Å². The van der Waals surface area contributed by atoms with Gasteiger partial charge in [-0.05, 0) is 43.0 Å². The SMILES string of the molecule is CN(CCOCC1CC1)C(=O)c1ccc(Br)cc1. The molecule has 2 rings (SSSR count). The predicted octanol–water partition coefficient (Wildman–Crippen LogP) is 2.95. The van der Waals surface area contributed by atoms with Crippen molar-refractivity contribution in [1.82, 2.24) is 4.90 Å². The highest BCUT2D eigenvalue weighted by Gasteiger charge is 2.21. The Bertz CT molecular complexity index is 401. The first kappa shape index (κ1) is 13.6. The Morgan fingerprint density at radius 3 is 2.67 bits per heavy atom. The third-order valence-corrected chi connectivity index (χ3v) is 3.59. The first-order valence-electron chi connectivity index (χ1n) is 6.25. The van der Waals surface area contributed by atoms with Gasteiger partial charge in [0.05, 0.1) is 6.61 Å². The molecule has 0 unspecified atom stereocenters.